The fraction of sp³-hybridized carbons (Fsp3) is 0.438. The number of allylic oxidation sites excluding steroid dienone is 2. The monoisotopic (exact) mass is 659 g/mol. The third kappa shape index (κ3) is 5.50. The van der Waals surface area contributed by atoms with Crippen LogP contribution in [0.15, 0.2) is 54.3 Å². The standard InChI is InChI=1S/C27H28N.C5H8O2.Ir/c1-17-8-18(2)10-22(9-17)25-7-6-23-24(4-3-5-26(23)28-25)27-14-19-11-20(15-27)13-21(12-19)16-27;1-4(6)3-5(2)7;/h3-9,19-21H,11-16H2,1-2H3;3,6H,1-2H3;/q-1;;/b;4-3-;. The van der Waals surface area contributed by atoms with Crippen LogP contribution in [0.2, 0.25) is 0 Å². The van der Waals surface area contributed by atoms with E-state index in [1.54, 1.807) is 5.56 Å². The smallest absolute Gasteiger partial charge is 0.155 e. The van der Waals surface area contributed by atoms with Crippen molar-refractivity contribution in [2.75, 3.05) is 0 Å². The SMILES string of the molecule is CC(=O)/C=C(/C)O.Cc1[c-]c(-c2ccc3c(C45CC6CC(CC(C6)C4)C5)cccc3n2)cc(C)c1.[Ir]. The van der Waals surface area contributed by atoms with Crippen LogP contribution >= 0.6 is 0 Å². The molecule has 2 aromatic carbocycles. The van der Waals surface area contributed by atoms with Crippen LogP contribution in [0.4, 0.5) is 0 Å². The predicted molar refractivity (Wildman–Crippen MR) is 142 cm³/mol. The zero-order chi connectivity index (χ0) is 24.7. The number of benzene rings is 2. The van der Waals surface area contributed by atoms with Crippen LogP contribution in [-0.2, 0) is 30.3 Å². The molecule has 1 radical (unpaired) electrons. The van der Waals surface area contributed by atoms with E-state index in [2.05, 4.69) is 62.4 Å². The Morgan fingerprint density at radius 1 is 1.00 bits per heavy atom. The zero-order valence-electron chi connectivity index (χ0n) is 21.7. The summed E-state index contributed by atoms with van der Waals surface area (Å²) in [7, 11) is 0. The van der Waals surface area contributed by atoms with Crippen LogP contribution in [0.5, 0.6) is 0 Å². The second kappa shape index (κ2) is 10.6. The van der Waals surface area contributed by atoms with Gasteiger partial charge in [0, 0.05) is 31.6 Å². The van der Waals surface area contributed by atoms with E-state index in [0.717, 1.165) is 34.5 Å². The number of aliphatic hydroxyl groups is 1. The largest absolute Gasteiger partial charge is 0.512 e. The van der Waals surface area contributed by atoms with Crippen LogP contribution in [-0.4, -0.2) is 15.9 Å². The molecule has 3 nitrogen and oxygen atoms in total. The van der Waals surface area contributed by atoms with Crippen molar-refractivity contribution in [3.8, 4) is 11.3 Å². The fourth-order valence-electron chi connectivity index (χ4n) is 7.54. The van der Waals surface area contributed by atoms with Crippen molar-refractivity contribution in [2.24, 2.45) is 17.8 Å². The maximum atomic E-state index is 10.0. The molecule has 7 rings (SSSR count). The van der Waals surface area contributed by atoms with Crippen LogP contribution in [0, 0.1) is 37.7 Å². The van der Waals surface area contributed by atoms with Gasteiger partial charge >= 0.3 is 0 Å². The first-order chi connectivity index (χ1) is 16.7. The summed E-state index contributed by atoms with van der Waals surface area (Å²) in [6, 6.07) is 19.3. The molecule has 4 fully saturated rings. The topological polar surface area (TPSA) is 50.2 Å². The van der Waals surface area contributed by atoms with Crippen molar-refractivity contribution in [3.63, 3.8) is 0 Å². The maximum absolute atomic E-state index is 10.0. The summed E-state index contributed by atoms with van der Waals surface area (Å²) >= 11 is 0. The van der Waals surface area contributed by atoms with Gasteiger partial charge in [-0.25, -0.2) is 0 Å². The van der Waals surface area contributed by atoms with Crippen LogP contribution in [0.3, 0.4) is 0 Å². The van der Waals surface area contributed by atoms with Gasteiger partial charge in [0.05, 0.1) is 11.3 Å². The fourth-order valence-corrected chi connectivity index (χ4v) is 7.54. The predicted octanol–water partition coefficient (Wildman–Crippen LogP) is 7.82. The molecule has 0 unspecified atom stereocenters. The molecule has 0 amide bonds. The summed E-state index contributed by atoms with van der Waals surface area (Å²) in [4.78, 5) is 15.1. The molecule has 4 bridgehead atoms. The van der Waals surface area contributed by atoms with Crippen molar-refractivity contribution >= 4 is 16.7 Å². The summed E-state index contributed by atoms with van der Waals surface area (Å²) in [6.45, 7) is 7.11. The van der Waals surface area contributed by atoms with E-state index in [9.17, 15) is 4.79 Å². The third-order valence-corrected chi connectivity index (χ3v) is 8.18. The number of ketones is 1. The van der Waals surface area contributed by atoms with Gasteiger partial charge in [-0.2, -0.15) is 0 Å². The molecule has 3 aromatic rings. The molecule has 4 saturated carbocycles. The minimum atomic E-state index is -0.125. The Labute approximate surface area is 228 Å². The van der Waals surface area contributed by atoms with E-state index in [1.807, 2.05) is 0 Å². The maximum Gasteiger partial charge on any atom is 0.155 e. The average molecular weight is 659 g/mol. The molecule has 0 atom stereocenters. The van der Waals surface area contributed by atoms with E-state index in [1.165, 1.54) is 75.0 Å². The number of carbonyl (C=O) groups is 1. The van der Waals surface area contributed by atoms with E-state index in [4.69, 9.17) is 10.1 Å². The average Bonchev–Trinajstić information content (AvgIpc) is 2.76. The molecule has 191 valence electrons. The molecule has 4 aliphatic carbocycles. The molecular weight excluding hydrogens is 623 g/mol. The van der Waals surface area contributed by atoms with Gasteiger partial charge in [0.15, 0.2) is 5.78 Å². The van der Waals surface area contributed by atoms with E-state index in [-0.39, 0.29) is 31.6 Å². The second-order valence-corrected chi connectivity index (χ2v) is 11.4. The Morgan fingerprint density at radius 3 is 2.17 bits per heavy atom. The Hall–Kier alpha value is -2.29. The first kappa shape index (κ1) is 26.8. The minimum absolute atomic E-state index is 0. The summed E-state index contributed by atoms with van der Waals surface area (Å²) in [6.07, 6.45) is 9.87. The Bertz CT molecular complexity index is 1250. The number of aliphatic hydroxyl groups excluding tert-OH is 1. The van der Waals surface area contributed by atoms with E-state index < -0.39 is 0 Å². The second-order valence-electron chi connectivity index (χ2n) is 11.4. The van der Waals surface area contributed by atoms with Crippen molar-refractivity contribution in [3.05, 3.63) is 77.1 Å². The van der Waals surface area contributed by atoms with Crippen LogP contribution in [0.25, 0.3) is 22.2 Å². The van der Waals surface area contributed by atoms with Gasteiger partial charge in [-0.3, -0.25) is 9.78 Å². The van der Waals surface area contributed by atoms with Gasteiger partial charge in [0.25, 0.3) is 0 Å². The number of nitrogens with zero attached hydrogens (tertiary/aromatic N) is 1. The first-order valence-corrected chi connectivity index (χ1v) is 13.0. The Kier molecular flexibility index (Phi) is 7.88. The van der Waals surface area contributed by atoms with E-state index >= 15 is 0 Å². The molecule has 4 aliphatic rings. The molecule has 4 heteroatoms. The molecule has 0 saturated heterocycles. The molecule has 0 spiro atoms. The number of aromatic nitrogens is 1. The first-order valence-electron chi connectivity index (χ1n) is 13.0. The minimum Gasteiger partial charge on any atom is -0.512 e. The quantitative estimate of drug-likeness (QED) is 0.177. The number of fused-ring (bicyclic) bond motifs is 1. The number of pyridine rings is 1. The molecule has 1 N–H and O–H groups in total. The summed E-state index contributed by atoms with van der Waals surface area (Å²) in [5.74, 6) is 2.85. The normalized spacial score (nSPS) is 26.2. The third-order valence-electron chi connectivity index (χ3n) is 8.18. The number of hydrogen-bond acceptors (Lipinski definition) is 3. The van der Waals surface area contributed by atoms with Crippen LogP contribution < -0.4 is 0 Å². The molecule has 1 aromatic heterocycles. The van der Waals surface area contributed by atoms with Crippen molar-refractivity contribution in [2.45, 2.75) is 71.6 Å². The number of aryl methyl sites for hydroxylation is 2. The van der Waals surface area contributed by atoms with Gasteiger partial charge in [-0.1, -0.05) is 38.1 Å². The van der Waals surface area contributed by atoms with Gasteiger partial charge in [0.1, 0.15) is 0 Å². The van der Waals surface area contributed by atoms with Gasteiger partial charge < -0.3 is 5.11 Å². The van der Waals surface area contributed by atoms with Gasteiger partial charge in [-0.05, 0) is 92.9 Å². The molecule has 36 heavy (non-hydrogen) atoms. The van der Waals surface area contributed by atoms with Crippen molar-refractivity contribution < 1.29 is 30.0 Å². The zero-order valence-corrected chi connectivity index (χ0v) is 24.1. The number of hydrogen-bond donors (Lipinski definition) is 1. The number of rotatable bonds is 3. The molecule has 0 aliphatic heterocycles. The summed E-state index contributed by atoms with van der Waals surface area (Å²) < 4.78 is 0. The Balaban J connectivity index is 0.000000338. The van der Waals surface area contributed by atoms with Crippen molar-refractivity contribution in [1.82, 2.24) is 4.98 Å². The van der Waals surface area contributed by atoms with Gasteiger partial charge in [0.2, 0.25) is 0 Å². The summed E-state index contributed by atoms with van der Waals surface area (Å²) in [5, 5.41) is 9.75. The Morgan fingerprint density at radius 2 is 1.64 bits per heavy atom. The molecular formula is C32H36IrNO2-. The van der Waals surface area contributed by atoms with Gasteiger partial charge in [-0.15, -0.1) is 34.9 Å². The molecule has 1 heterocycles. The van der Waals surface area contributed by atoms with E-state index in [0.29, 0.717) is 5.41 Å². The number of carbonyl (C=O) groups excluding carboxylic acids is 1. The van der Waals surface area contributed by atoms with Crippen molar-refractivity contribution in [1.29, 1.82) is 0 Å². The van der Waals surface area contributed by atoms with Crippen LogP contribution in [0.1, 0.15) is 69.1 Å². The summed E-state index contributed by atoms with van der Waals surface area (Å²) in [5.41, 5.74) is 7.77.